The Morgan fingerprint density at radius 1 is 0.909 bits per heavy atom. The molecule has 4 rings (SSSR count). The van der Waals surface area contributed by atoms with Crippen LogP contribution in [0.3, 0.4) is 0 Å². The average molecular weight is 613 g/mol. The van der Waals surface area contributed by atoms with Crippen LogP contribution in [0.1, 0.15) is 41.8 Å². The molecule has 4 amide bonds. The number of thiol groups is 1. The van der Waals surface area contributed by atoms with E-state index in [4.69, 9.17) is 0 Å². The van der Waals surface area contributed by atoms with Gasteiger partial charge >= 0.3 is 6.03 Å². The average Bonchev–Trinajstić information content (AvgIpc) is 3.56. The smallest absolute Gasteiger partial charge is 0.328 e. The lowest BCUT2D eigenvalue weighted by Gasteiger charge is -2.32. The number of hydrogen-bond donors (Lipinski definition) is 4. The van der Waals surface area contributed by atoms with Gasteiger partial charge in [0.15, 0.2) is 0 Å². The number of nitrogens with zero attached hydrogens (tertiary/aromatic N) is 3. The molecule has 0 spiro atoms. The van der Waals surface area contributed by atoms with Gasteiger partial charge in [-0.2, -0.15) is 0 Å². The number of H-pyrrole nitrogens is 1. The first-order valence-corrected chi connectivity index (χ1v) is 15.0. The van der Waals surface area contributed by atoms with Crippen molar-refractivity contribution in [1.29, 1.82) is 0 Å². The molecule has 0 unspecified atom stereocenters. The van der Waals surface area contributed by atoms with Crippen molar-refractivity contribution >= 4 is 30.7 Å². The fourth-order valence-electron chi connectivity index (χ4n) is 4.76. The molecule has 0 fully saturated rings. The normalized spacial score (nSPS) is 11.8. The number of urea groups is 1. The van der Waals surface area contributed by atoms with Gasteiger partial charge in [0.05, 0.1) is 12.9 Å². The summed E-state index contributed by atoms with van der Waals surface area (Å²) in [6, 6.07) is 25.7. The number of aromatic nitrogens is 2. The minimum absolute atomic E-state index is 0.133. The second-order valence-electron chi connectivity index (χ2n) is 11.5. The minimum Gasteiger partial charge on any atom is -0.354 e. The molecule has 44 heavy (non-hydrogen) atoms. The molecule has 0 aliphatic heterocycles. The molecule has 3 aromatic carbocycles. The van der Waals surface area contributed by atoms with Crippen LogP contribution in [0.5, 0.6) is 0 Å². The number of carbonyl (C=O) groups excluding carboxylic acids is 3. The van der Waals surface area contributed by atoms with Crippen LogP contribution in [0.2, 0.25) is 0 Å². The summed E-state index contributed by atoms with van der Waals surface area (Å²) in [5.74, 6) is -0.712. The van der Waals surface area contributed by atoms with Crippen LogP contribution in [-0.2, 0) is 34.5 Å². The molecule has 0 aliphatic carbocycles. The van der Waals surface area contributed by atoms with E-state index in [1.54, 1.807) is 6.20 Å². The van der Waals surface area contributed by atoms with Gasteiger partial charge in [-0.1, -0.05) is 117 Å². The van der Waals surface area contributed by atoms with Gasteiger partial charge in [-0.3, -0.25) is 13.9 Å². The minimum atomic E-state index is -1.02. The van der Waals surface area contributed by atoms with Crippen LogP contribution < -0.4 is 10.6 Å². The molecule has 1 aromatic heterocycles. The van der Waals surface area contributed by atoms with Crippen molar-refractivity contribution < 1.29 is 14.4 Å². The zero-order valence-corrected chi connectivity index (χ0v) is 26.3. The number of amides is 4. The quantitative estimate of drug-likeness (QED) is 0.163. The second kappa shape index (κ2) is 15.2. The number of aromatic amines is 1. The van der Waals surface area contributed by atoms with E-state index in [1.807, 2.05) is 91.9 Å². The Morgan fingerprint density at radius 3 is 2.20 bits per heavy atom. The molecule has 0 bridgehead atoms. The van der Waals surface area contributed by atoms with E-state index in [0.29, 0.717) is 12.2 Å². The third-order valence-electron chi connectivity index (χ3n) is 7.47. The summed E-state index contributed by atoms with van der Waals surface area (Å²) in [5, 5.41) is 5.85. The maximum atomic E-state index is 14.3. The number of carbonyl (C=O) groups is 3. The fraction of sp³-hybridized carbons (Fsp3) is 0.294. The van der Waals surface area contributed by atoms with Gasteiger partial charge in [0.1, 0.15) is 6.04 Å². The molecule has 9 nitrogen and oxygen atoms in total. The summed E-state index contributed by atoms with van der Waals surface area (Å²) >= 11 is 4.50. The summed E-state index contributed by atoms with van der Waals surface area (Å²) < 4.78 is 1.10. The molecule has 0 saturated heterocycles. The lowest BCUT2D eigenvalue weighted by atomic mass is 9.84. The maximum Gasteiger partial charge on any atom is 0.328 e. The molecule has 0 saturated carbocycles. The largest absolute Gasteiger partial charge is 0.354 e. The molecule has 3 N–H and O–H groups in total. The maximum absolute atomic E-state index is 14.3. The van der Waals surface area contributed by atoms with E-state index >= 15 is 0 Å². The van der Waals surface area contributed by atoms with Gasteiger partial charge in [0.2, 0.25) is 11.8 Å². The predicted octanol–water partition coefficient (Wildman–Crippen LogP) is 4.81. The number of benzene rings is 3. The first kappa shape index (κ1) is 32.3. The summed E-state index contributed by atoms with van der Waals surface area (Å²) in [4.78, 5) is 49.4. The number of imidazole rings is 1. The van der Waals surface area contributed by atoms with Crippen LogP contribution in [0.15, 0.2) is 97.5 Å². The summed E-state index contributed by atoms with van der Waals surface area (Å²) in [6.07, 6.45) is 3.25. The molecule has 1 atom stereocenters. The van der Waals surface area contributed by atoms with Gasteiger partial charge in [0, 0.05) is 43.4 Å². The van der Waals surface area contributed by atoms with Crippen LogP contribution in [0, 0.1) is 6.92 Å². The summed E-state index contributed by atoms with van der Waals surface area (Å²) in [7, 11) is 0. The standard InChI is InChI=1S/C34H40N6O3S/c1-25-14-16-27(17-15-25)21-39(22-31(41)37-23-34(2,3)28-12-8-5-9-13-28)32(42)30(18-29-20-35-24-38-29)40(44)33(43)36-19-26-10-6-4-7-11-26/h4-17,20,24,30,44H,18-19,21-23H2,1-3H3,(H,35,38)(H,36,43)(H,37,41)/t30-/m0/s1. The first-order chi connectivity index (χ1) is 21.1. The molecular formula is C34H40N6O3S. The lowest BCUT2D eigenvalue weighted by Crippen LogP contribution is -2.53. The topological polar surface area (TPSA) is 110 Å². The van der Waals surface area contributed by atoms with Crippen molar-refractivity contribution in [2.75, 3.05) is 13.1 Å². The molecule has 0 aliphatic rings. The number of rotatable bonds is 13. The number of hydrogen-bond acceptors (Lipinski definition) is 5. The van der Waals surface area contributed by atoms with Crippen LogP contribution >= 0.6 is 12.8 Å². The highest BCUT2D eigenvalue weighted by Gasteiger charge is 2.33. The van der Waals surface area contributed by atoms with E-state index in [2.05, 4.69) is 47.3 Å². The molecule has 0 radical (unpaired) electrons. The van der Waals surface area contributed by atoms with Crippen molar-refractivity contribution in [2.24, 2.45) is 0 Å². The molecule has 230 valence electrons. The SMILES string of the molecule is Cc1ccc(CN(CC(=O)NCC(C)(C)c2ccccc2)C(=O)[C@H](Cc2cnc[nH]2)N(S)C(=O)NCc2ccccc2)cc1. The highest BCUT2D eigenvalue weighted by atomic mass is 32.1. The van der Waals surface area contributed by atoms with Crippen molar-refractivity contribution in [2.45, 2.75) is 51.7 Å². The first-order valence-electron chi connectivity index (χ1n) is 14.6. The molecular weight excluding hydrogens is 572 g/mol. The predicted molar refractivity (Wildman–Crippen MR) is 175 cm³/mol. The van der Waals surface area contributed by atoms with E-state index in [1.165, 1.54) is 11.2 Å². The molecule has 1 heterocycles. The van der Waals surface area contributed by atoms with Crippen molar-refractivity contribution in [3.05, 3.63) is 125 Å². The van der Waals surface area contributed by atoms with Gasteiger partial charge in [-0.25, -0.2) is 9.78 Å². The monoisotopic (exact) mass is 612 g/mol. The van der Waals surface area contributed by atoms with Crippen molar-refractivity contribution in [3.63, 3.8) is 0 Å². The van der Waals surface area contributed by atoms with Crippen LogP contribution in [0.4, 0.5) is 4.79 Å². The fourth-order valence-corrected chi connectivity index (χ4v) is 5.01. The zero-order chi connectivity index (χ0) is 31.5. The lowest BCUT2D eigenvalue weighted by molar-refractivity contribution is -0.139. The summed E-state index contributed by atoms with van der Waals surface area (Å²) in [6.45, 7) is 6.76. The van der Waals surface area contributed by atoms with Crippen LogP contribution in [0.25, 0.3) is 0 Å². The number of aryl methyl sites for hydroxylation is 1. The third kappa shape index (κ3) is 9.21. The summed E-state index contributed by atoms with van der Waals surface area (Å²) in [5.41, 5.74) is 4.30. The highest BCUT2D eigenvalue weighted by Crippen LogP contribution is 2.22. The Morgan fingerprint density at radius 2 is 1.57 bits per heavy atom. The van der Waals surface area contributed by atoms with Gasteiger partial charge in [0.25, 0.3) is 0 Å². The second-order valence-corrected chi connectivity index (χ2v) is 11.9. The Kier molecular flexibility index (Phi) is 11.2. The Hall–Kier alpha value is -4.57. The third-order valence-corrected chi connectivity index (χ3v) is 7.93. The Labute approximate surface area is 264 Å². The van der Waals surface area contributed by atoms with E-state index in [9.17, 15) is 14.4 Å². The van der Waals surface area contributed by atoms with Gasteiger partial charge in [-0.05, 0) is 23.6 Å². The highest BCUT2D eigenvalue weighted by molar-refractivity contribution is 7.78. The van der Waals surface area contributed by atoms with Crippen molar-refractivity contribution in [3.8, 4) is 0 Å². The van der Waals surface area contributed by atoms with E-state index < -0.39 is 18.0 Å². The zero-order valence-electron chi connectivity index (χ0n) is 25.4. The molecule has 4 aromatic rings. The van der Waals surface area contributed by atoms with E-state index in [0.717, 1.165) is 26.6 Å². The Bertz CT molecular complexity index is 1500. The van der Waals surface area contributed by atoms with Gasteiger partial charge < -0.3 is 20.5 Å². The van der Waals surface area contributed by atoms with Crippen molar-refractivity contribution in [1.82, 2.24) is 29.8 Å². The number of nitrogens with one attached hydrogen (secondary N) is 3. The molecule has 10 heteroatoms. The van der Waals surface area contributed by atoms with E-state index in [-0.39, 0.29) is 37.4 Å². The van der Waals surface area contributed by atoms with Gasteiger partial charge in [-0.15, -0.1) is 0 Å². The Balaban J connectivity index is 1.53. The van der Waals surface area contributed by atoms with Crippen LogP contribution in [-0.4, -0.2) is 56.1 Å².